The van der Waals surface area contributed by atoms with Crippen molar-refractivity contribution in [2.75, 3.05) is 20.8 Å². The van der Waals surface area contributed by atoms with Crippen molar-refractivity contribution in [3.8, 4) is 5.75 Å². The number of hydrogen-bond acceptors (Lipinski definition) is 4. The molecule has 0 radical (unpaired) electrons. The van der Waals surface area contributed by atoms with Gasteiger partial charge in [-0.05, 0) is 24.3 Å². The third-order valence-corrected chi connectivity index (χ3v) is 3.48. The third kappa shape index (κ3) is 2.75. The van der Waals surface area contributed by atoms with Crippen LogP contribution >= 0.6 is 0 Å². The average Bonchev–Trinajstić information content (AvgIpc) is 2.91. The van der Waals surface area contributed by atoms with Crippen molar-refractivity contribution >= 4 is 11.9 Å². The molecule has 0 aromatic heterocycles. The largest absolute Gasteiger partial charge is 0.497 e. The monoisotopic (exact) mass is 279 g/mol. The molecule has 1 aromatic carbocycles. The number of carboxylic acid groups (broad SMARTS) is 1. The van der Waals surface area contributed by atoms with E-state index >= 15 is 0 Å². The van der Waals surface area contributed by atoms with E-state index in [0.29, 0.717) is 24.3 Å². The molecule has 2 unspecified atom stereocenters. The van der Waals surface area contributed by atoms with Crippen LogP contribution in [0, 0.1) is 0 Å². The van der Waals surface area contributed by atoms with Crippen LogP contribution in [0.3, 0.4) is 0 Å². The van der Waals surface area contributed by atoms with Crippen LogP contribution in [-0.4, -0.2) is 54.8 Å². The van der Waals surface area contributed by atoms with Gasteiger partial charge in [-0.3, -0.25) is 4.79 Å². The summed E-state index contributed by atoms with van der Waals surface area (Å²) in [5.74, 6) is -0.668. The first-order chi connectivity index (χ1) is 9.56. The number of benzene rings is 1. The Bertz CT molecular complexity index is 499. The van der Waals surface area contributed by atoms with Gasteiger partial charge >= 0.3 is 5.97 Å². The van der Waals surface area contributed by atoms with Crippen LogP contribution < -0.4 is 4.74 Å². The van der Waals surface area contributed by atoms with Crippen LogP contribution in [0.1, 0.15) is 16.8 Å². The minimum Gasteiger partial charge on any atom is -0.497 e. The van der Waals surface area contributed by atoms with E-state index in [2.05, 4.69) is 0 Å². The Kier molecular flexibility index (Phi) is 4.24. The Labute approximate surface area is 116 Å². The lowest BCUT2D eigenvalue weighted by molar-refractivity contribution is -0.141. The SMILES string of the molecule is COc1ccc(C(=O)N2CC(OC)CC2C(=O)O)cc1. The summed E-state index contributed by atoms with van der Waals surface area (Å²) in [4.78, 5) is 25.0. The van der Waals surface area contributed by atoms with Crippen molar-refractivity contribution < 1.29 is 24.2 Å². The first kappa shape index (κ1) is 14.3. The lowest BCUT2D eigenvalue weighted by Gasteiger charge is -2.21. The van der Waals surface area contributed by atoms with E-state index < -0.39 is 12.0 Å². The van der Waals surface area contributed by atoms with Gasteiger partial charge in [0.25, 0.3) is 5.91 Å². The van der Waals surface area contributed by atoms with Gasteiger partial charge in [0, 0.05) is 25.6 Å². The zero-order valence-electron chi connectivity index (χ0n) is 11.4. The van der Waals surface area contributed by atoms with Gasteiger partial charge in [0.15, 0.2) is 0 Å². The van der Waals surface area contributed by atoms with E-state index in [9.17, 15) is 14.7 Å². The van der Waals surface area contributed by atoms with Gasteiger partial charge in [-0.1, -0.05) is 0 Å². The molecule has 1 amide bonds. The Morgan fingerprint density at radius 1 is 1.25 bits per heavy atom. The number of carbonyl (C=O) groups excluding carboxylic acids is 1. The standard InChI is InChI=1S/C14H17NO5/c1-19-10-5-3-9(4-6-10)13(16)15-8-11(20-2)7-12(15)14(17)18/h3-6,11-12H,7-8H2,1-2H3,(H,17,18). The van der Waals surface area contributed by atoms with Crippen molar-refractivity contribution in [3.63, 3.8) is 0 Å². The number of likely N-dealkylation sites (tertiary alicyclic amines) is 1. The second-order valence-corrected chi connectivity index (χ2v) is 4.63. The molecule has 1 aliphatic rings. The van der Waals surface area contributed by atoms with Crippen molar-refractivity contribution in [2.24, 2.45) is 0 Å². The minimum atomic E-state index is -1.01. The number of methoxy groups -OCH3 is 2. The van der Waals surface area contributed by atoms with E-state index in [0.717, 1.165) is 0 Å². The molecule has 1 fully saturated rings. The van der Waals surface area contributed by atoms with Crippen LogP contribution in [0.2, 0.25) is 0 Å². The highest BCUT2D eigenvalue weighted by Gasteiger charge is 2.40. The number of carboxylic acids is 1. The van der Waals surface area contributed by atoms with Crippen LogP contribution in [0.5, 0.6) is 5.75 Å². The van der Waals surface area contributed by atoms with Gasteiger partial charge < -0.3 is 19.5 Å². The molecular weight excluding hydrogens is 262 g/mol. The summed E-state index contributed by atoms with van der Waals surface area (Å²) in [5, 5.41) is 9.21. The first-order valence-corrected chi connectivity index (χ1v) is 6.27. The van der Waals surface area contributed by atoms with E-state index in [-0.39, 0.29) is 12.0 Å². The molecule has 20 heavy (non-hydrogen) atoms. The van der Waals surface area contributed by atoms with Crippen LogP contribution in [0.15, 0.2) is 24.3 Å². The van der Waals surface area contributed by atoms with Crippen molar-refractivity contribution in [1.29, 1.82) is 0 Å². The molecule has 0 spiro atoms. The summed E-state index contributed by atoms with van der Waals surface area (Å²) < 4.78 is 10.2. The smallest absolute Gasteiger partial charge is 0.326 e. The molecule has 1 aromatic rings. The van der Waals surface area contributed by atoms with E-state index in [1.165, 1.54) is 12.0 Å². The molecule has 0 saturated carbocycles. The zero-order chi connectivity index (χ0) is 14.7. The van der Waals surface area contributed by atoms with E-state index in [1.54, 1.807) is 31.4 Å². The fourth-order valence-corrected chi connectivity index (χ4v) is 2.33. The van der Waals surface area contributed by atoms with Gasteiger partial charge in [-0.2, -0.15) is 0 Å². The predicted molar refractivity (Wildman–Crippen MR) is 70.9 cm³/mol. The highest BCUT2D eigenvalue weighted by Crippen LogP contribution is 2.23. The Morgan fingerprint density at radius 2 is 1.90 bits per heavy atom. The van der Waals surface area contributed by atoms with Gasteiger partial charge in [0.1, 0.15) is 11.8 Å². The van der Waals surface area contributed by atoms with Crippen LogP contribution in [0.4, 0.5) is 0 Å². The molecule has 108 valence electrons. The molecule has 1 aliphatic heterocycles. The second kappa shape index (κ2) is 5.92. The maximum absolute atomic E-state index is 12.4. The van der Waals surface area contributed by atoms with Gasteiger partial charge in [0.2, 0.25) is 0 Å². The Morgan fingerprint density at radius 3 is 2.40 bits per heavy atom. The summed E-state index contributed by atoms with van der Waals surface area (Å²) in [6.07, 6.45) is 0.0755. The molecule has 6 nitrogen and oxygen atoms in total. The quantitative estimate of drug-likeness (QED) is 0.890. The zero-order valence-corrected chi connectivity index (χ0v) is 11.4. The average molecular weight is 279 g/mol. The van der Waals surface area contributed by atoms with Crippen molar-refractivity contribution in [2.45, 2.75) is 18.6 Å². The van der Waals surface area contributed by atoms with Crippen molar-refractivity contribution in [3.05, 3.63) is 29.8 Å². The van der Waals surface area contributed by atoms with Crippen LogP contribution in [-0.2, 0) is 9.53 Å². The molecule has 0 bridgehead atoms. The summed E-state index contributed by atoms with van der Waals surface area (Å²) >= 11 is 0. The molecule has 1 N–H and O–H groups in total. The number of amides is 1. The minimum absolute atomic E-state index is 0.238. The number of nitrogens with zero attached hydrogens (tertiary/aromatic N) is 1. The summed E-state index contributed by atoms with van der Waals surface area (Å²) in [6.45, 7) is 0.290. The second-order valence-electron chi connectivity index (χ2n) is 4.63. The number of rotatable bonds is 4. The Hall–Kier alpha value is -2.08. The lowest BCUT2D eigenvalue weighted by atomic mass is 10.1. The molecule has 0 aliphatic carbocycles. The van der Waals surface area contributed by atoms with Crippen LogP contribution in [0.25, 0.3) is 0 Å². The number of hydrogen-bond donors (Lipinski definition) is 1. The van der Waals surface area contributed by atoms with Crippen molar-refractivity contribution in [1.82, 2.24) is 4.90 Å². The highest BCUT2D eigenvalue weighted by molar-refractivity contribution is 5.97. The van der Waals surface area contributed by atoms with Gasteiger partial charge in [0.05, 0.1) is 13.2 Å². The van der Waals surface area contributed by atoms with Gasteiger partial charge in [-0.15, -0.1) is 0 Å². The maximum Gasteiger partial charge on any atom is 0.326 e. The molecule has 2 atom stereocenters. The third-order valence-electron chi connectivity index (χ3n) is 3.48. The highest BCUT2D eigenvalue weighted by atomic mass is 16.5. The number of aliphatic carboxylic acids is 1. The molecule has 6 heteroatoms. The summed E-state index contributed by atoms with van der Waals surface area (Å²) in [7, 11) is 3.06. The predicted octanol–water partition coefficient (Wildman–Crippen LogP) is 1.01. The summed E-state index contributed by atoms with van der Waals surface area (Å²) in [6, 6.07) is 5.76. The summed E-state index contributed by atoms with van der Waals surface area (Å²) in [5.41, 5.74) is 0.439. The van der Waals surface area contributed by atoms with Gasteiger partial charge in [-0.25, -0.2) is 4.79 Å². The molecule has 1 heterocycles. The fourth-order valence-electron chi connectivity index (χ4n) is 2.33. The normalized spacial score (nSPS) is 21.8. The topological polar surface area (TPSA) is 76.1 Å². The molecular formula is C14H17NO5. The number of carbonyl (C=O) groups is 2. The van der Waals surface area contributed by atoms with E-state index in [1.807, 2.05) is 0 Å². The molecule has 2 rings (SSSR count). The maximum atomic E-state index is 12.4. The molecule has 1 saturated heterocycles. The Balaban J connectivity index is 2.19. The first-order valence-electron chi connectivity index (χ1n) is 6.27. The van der Waals surface area contributed by atoms with E-state index in [4.69, 9.17) is 9.47 Å². The fraction of sp³-hybridized carbons (Fsp3) is 0.429. The number of ether oxygens (including phenoxy) is 2. The lowest BCUT2D eigenvalue weighted by Crippen LogP contribution is -2.40.